The van der Waals surface area contributed by atoms with Gasteiger partial charge in [-0.1, -0.05) is 19.1 Å². The van der Waals surface area contributed by atoms with Gasteiger partial charge >= 0.3 is 0 Å². The van der Waals surface area contributed by atoms with E-state index in [1.54, 1.807) is 6.92 Å². The second kappa shape index (κ2) is 7.80. The van der Waals surface area contributed by atoms with E-state index in [4.69, 9.17) is 4.74 Å². The minimum atomic E-state index is -2.96. The quantitative estimate of drug-likeness (QED) is 0.801. The van der Waals surface area contributed by atoms with Crippen LogP contribution < -0.4 is 10.1 Å². The smallest absolute Gasteiger partial charge is 0.151 e. The van der Waals surface area contributed by atoms with Gasteiger partial charge < -0.3 is 10.1 Å². The summed E-state index contributed by atoms with van der Waals surface area (Å²) in [6.45, 7) is 9.60. The Hall–Kier alpha value is -1.07. The zero-order chi connectivity index (χ0) is 16.0. The normalized spacial score (nSPS) is 15.0. The second-order valence-corrected chi connectivity index (χ2v) is 8.13. The molecular weight excluding hydrogens is 286 g/mol. The van der Waals surface area contributed by atoms with Crippen molar-refractivity contribution in [3.05, 3.63) is 29.8 Å². The van der Waals surface area contributed by atoms with E-state index in [9.17, 15) is 8.42 Å². The first-order valence-corrected chi connectivity index (χ1v) is 9.28. The van der Waals surface area contributed by atoms with Gasteiger partial charge in [0.15, 0.2) is 9.84 Å². The van der Waals surface area contributed by atoms with Crippen molar-refractivity contribution < 1.29 is 13.2 Å². The molecule has 1 rings (SSSR count). The summed E-state index contributed by atoms with van der Waals surface area (Å²) in [5.74, 6) is 1.19. The summed E-state index contributed by atoms with van der Waals surface area (Å²) < 4.78 is 29.0. The van der Waals surface area contributed by atoms with Crippen molar-refractivity contribution in [2.45, 2.75) is 52.8 Å². The average Bonchev–Trinajstić information content (AvgIpc) is 2.37. The number of nitrogens with one attached hydrogen (secondary N) is 1. The van der Waals surface area contributed by atoms with Crippen molar-refractivity contribution >= 4 is 9.84 Å². The molecule has 5 heteroatoms. The largest absolute Gasteiger partial charge is 0.491 e. The molecule has 4 nitrogen and oxygen atoms in total. The van der Waals surface area contributed by atoms with Gasteiger partial charge in [0.05, 0.1) is 11.9 Å². The molecule has 0 aromatic heterocycles. The highest BCUT2D eigenvalue weighted by molar-refractivity contribution is 7.91. The highest BCUT2D eigenvalue weighted by Crippen LogP contribution is 2.20. The van der Waals surface area contributed by atoms with E-state index in [0.717, 1.165) is 11.3 Å². The van der Waals surface area contributed by atoms with Crippen LogP contribution in [0.1, 0.15) is 46.2 Å². The van der Waals surface area contributed by atoms with Gasteiger partial charge in [-0.2, -0.15) is 0 Å². The van der Waals surface area contributed by atoms with Crippen molar-refractivity contribution in [1.29, 1.82) is 0 Å². The third-order valence-electron chi connectivity index (χ3n) is 3.21. The summed E-state index contributed by atoms with van der Waals surface area (Å²) in [5.41, 5.74) is 1.09. The zero-order valence-corrected chi connectivity index (χ0v) is 14.4. The van der Waals surface area contributed by atoms with Crippen LogP contribution in [0.4, 0.5) is 0 Å². The fourth-order valence-corrected chi connectivity index (χ4v) is 3.29. The summed E-state index contributed by atoms with van der Waals surface area (Å²) >= 11 is 0. The Bertz CT molecular complexity index is 540. The molecule has 0 spiro atoms. The third kappa shape index (κ3) is 6.48. The van der Waals surface area contributed by atoms with Crippen LogP contribution in [0.2, 0.25) is 0 Å². The van der Waals surface area contributed by atoms with Gasteiger partial charge in [-0.05, 0) is 45.4 Å². The molecule has 0 aliphatic heterocycles. The van der Waals surface area contributed by atoms with Crippen LogP contribution in [0.15, 0.2) is 24.3 Å². The van der Waals surface area contributed by atoms with Gasteiger partial charge in [-0.15, -0.1) is 0 Å². The van der Waals surface area contributed by atoms with Gasteiger partial charge in [-0.25, -0.2) is 8.42 Å². The van der Waals surface area contributed by atoms with Crippen LogP contribution in [0.25, 0.3) is 0 Å². The van der Waals surface area contributed by atoms with Crippen LogP contribution in [0.5, 0.6) is 5.75 Å². The lowest BCUT2D eigenvalue weighted by molar-refractivity contribution is 0.242. The average molecular weight is 313 g/mol. The van der Waals surface area contributed by atoms with Gasteiger partial charge in [-0.3, -0.25) is 0 Å². The molecule has 0 aliphatic carbocycles. The maximum Gasteiger partial charge on any atom is 0.151 e. The summed E-state index contributed by atoms with van der Waals surface area (Å²) in [5, 5.41) is 3.33. The van der Waals surface area contributed by atoms with Gasteiger partial charge in [0.25, 0.3) is 0 Å². The van der Waals surface area contributed by atoms with Gasteiger partial charge in [0.2, 0.25) is 0 Å². The Morgan fingerprint density at radius 2 is 1.86 bits per heavy atom. The molecule has 0 saturated carbocycles. The lowest BCUT2D eigenvalue weighted by atomic mass is 10.1. The highest BCUT2D eigenvalue weighted by Gasteiger charge is 2.16. The van der Waals surface area contributed by atoms with E-state index < -0.39 is 9.84 Å². The van der Waals surface area contributed by atoms with Crippen molar-refractivity contribution in [2.24, 2.45) is 0 Å². The first-order chi connectivity index (χ1) is 9.73. The molecular formula is C16H27NO3S. The molecule has 1 aromatic rings. The molecule has 0 radical (unpaired) electrons. The topological polar surface area (TPSA) is 55.4 Å². The predicted molar refractivity (Wildman–Crippen MR) is 87.5 cm³/mol. The standard InChI is InChI=1S/C16H27NO3S/c1-6-21(18,19)11-13(4)17-14(5)15-8-7-9-16(10-15)20-12(2)3/h7-10,12-14,17H,6,11H2,1-5H3. The summed E-state index contributed by atoms with van der Waals surface area (Å²) in [6.07, 6.45) is 0.136. The summed E-state index contributed by atoms with van der Waals surface area (Å²) in [6, 6.07) is 7.90. The Kier molecular flexibility index (Phi) is 6.68. The Labute approximate surface area is 128 Å². The monoisotopic (exact) mass is 313 g/mol. The van der Waals surface area contributed by atoms with E-state index in [0.29, 0.717) is 0 Å². The van der Waals surface area contributed by atoms with Gasteiger partial charge in [0, 0.05) is 17.8 Å². The zero-order valence-electron chi connectivity index (χ0n) is 13.6. The highest BCUT2D eigenvalue weighted by atomic mass is 32.2. The summed E-state index contributed by atoms with van der Waals surface area (Å²) in [7, 11) is -2.96. The fourth-order valence-electron chi connectivity index (χ4n) is 2.20. The number of sulfone groups is 1. The van der Waals surface area contributed by atoms with Crippen LogP contribution in [-0.4, -0.2) is 32.1 Å². The molecule has 2 atom stereocenters. The third-order valence-corrected chi connectivity index (χ3v) is 5.10. The molecule has 120 valence electrons. The molecule has 0 bridgehead atoms. The molecule has 0 amide bonds. The molecule has 1 N–H and O–H groups in total. The maximum atomic E-state index is 11.6. The van der Waals surface area contributed by atoms with E-state index in [1.807, 2.05) is 52.0 Å². The van der Waals surface area contributed by atoms with E-state index in [-0.39, 0.29) is 29.7 Å². The van der Waals surface area contributed by atoms with Crippen LogP contribution in [-0.2, 0) is 9.84 Å². The van der Waals surface area contributed by atoms with Crippen molar-refractivity contribution in [2.75, 3.05) is 11.5 Å². The second-order valence-electron chi connectivity index (χ2n) is 5.73. The SMILES string of the molecule is CCS(=O)(=O)CC(C)NC(C)c1cccc(OC(C)C)c1. The van der Waals surface area contributed by atoms with Crippen LogP contribution >= 0.6 is 0 Å². The number of hydrogen-bond donors (Lipinski definition) is 1. The maximum absolute atomic E-state index is 11.6. The Morgan fingerprint density at radius 1 is 1.19 bits per heavy atom. The predicted octanol–water partition coefficient (Wildman–Crippen LogP) is 2.95. The molecule has 1 aromatic carbocycles. The minimum absolute atomic E-state index is 0.0720. The van der Waals surface area contributed by atoms with Gasteiger partial charge in [0.1, 0.15) is 5.75 Å². The molecule has 0 fully saturated rings. The summed E-state index contributed by atoms with van der Waals surface area (Å²) in [4.78, 5) is 0. The van der Waals surface area contributed by atoms with Crippen molar-refractivity contribution in [1.82, 2.24) is 5.32 Å². The fraction of sp³-hybridized carbons (Fsp3) is 0.625. The molecule has 0 aliphatic rings. The van der Waals surface area contributed by atoms with Crippen LogP contribution in [0, 0.1) is 0 Å². The number of benzene rings is 1. The first kappa shape index (κ1) is 18.0. The minimum Gasteiger partial charge on any atom is -0.491 e. The lowest BCUT2D eigenvalue weighted by Crippen LogP contribution is -2.35. The molecule has 0 saturated heterocycles. The van der Waals surface area contributed by atoms with Crippen molar-refractivity contribution in [3.63, 3.8) is 0 Å². The van der Waals surface area contributed by atoms with E-state index >= 15 is 0 Å². The Morgan fingerprint density at radius 3 is 2.43 bits per heavy atom. The number of hydrogen-bond acceptors (Lipinski definition) is 4. The molecule has 2 unspecified atom stereocenters. The lowest BCUT2D eigenvalue weighted by Gasteiger charge is -2.21. The van der Waals surface area contributed by atoms with Crippen molar-refractivity contribution in [3.8, 4) is 5.75 Å². The Balaban J connectivity index is 2.69. The number of ether oxygens (including phenoxy) is 1. The molecule has 0 heterocycles. The molecule has 21 heavy (non-hydrogen) atoms. The first-order valence-electron chi connectivity index (χ1n) is 7.46. The van der Waals surface area contributed by atoms with Crippen LogP contribution in [0.3, 0.4) is 0 Å². The van der Waals surface area contributed by atoms with E-state index in [1.165, 1.54) is 0 Å². The number of rotatable bonds is 8. The van der Waals surface area contributed by atoms with E-state index in [2.05, 4.69) is 5.32 Å².